The summed E-state index contributed by atoms with van der Waals surface area (Å²) < 4.78 is 5.65. The fourth-order valence-electron chi connectivity index (χ4n) is 5.84. The molecule has 3 nitrogen and oxygen atoms in total. The van der Waals surface area contributed by atoms with E-state index in [1.165, 1.54) is 30.4 Å². The Morgan fingerprint density at radius 3 is 2.72 bits per heavy atom. The van der Waals surface area contributed by atoms with Crippen molar-refractivity contribution in [2.24, 2.45) is 11.8 Å². The molecule has 1 N–H and O–H groups in total. The SMILES string of the molecule is CCc1cc(OC)cc2c1CC1C(C)C3(C)CCCCC2(C)C1NO3. The molecule has 1 saturated carbocycles. The van der Waals surface area contributed by atoms with Gasteiger partial charge in [0.1, 0.15) is 5.75 Å². The Balaban J connectivity index is 1.91. The van der Waals surface area contributed by atoms with E-state index in [9.17, 15) is 0 Å². The molecule has 2 aliphatic carbocycles. The van der Waals surface area contributed by atoms with Gasteiger partial charge >= 0.3 is 0 Å². The number of ether oxygens (including phenoxy) is 1. The number of nitrogens with one attached hydrogen (secondary N) is 1. The largest absolute Gasteiger partial charge is 0.497 e. The molecule has 2 saturated heterocycles. The number of hydrogen-bond donors (Lipinski definition) is 1. The van der Waals surface area contributed by atoms with Crippen molar-refractivity contribution in [3.05, 3.63) is 28.8 Å². The van der Waals surface area contributed by atoms with E-state index < -0.39 is 0 Å². The molecule has 2 aliphatic heterocycles. The van der Waals surface area contributed by atoms with E-state index in [-0.39, 0.29) is 11.0 Å². The molecule has 5 unspecified atom stereocenters. The van der Waals surface area contributed by atoms with Gasteiger partial charge in [-0.3, -0.25) is 4.84 Å². The highest BCUT2D eigenvalue weighted by molar-refractivity contribution is 5.49. The zero-order valence-electron chi connectivity index (χ0n) is 16.4. The monoisotopic (exact) mass is 343 g/mol. The van der Waals surface area contributed by atoms with Crippen molar-refractivity contribution in [2.75, 3.05) is 7.11 Å². The molecule has 4 bridgehead atoms. The van der Waals surface area contributed by atoms with Gasteiger partial charge in [-0.1, -0.05) is 33.6 Å². The lowest BCUT2D eigenvalue weighted by molar-refractivity contribution is -0.209. The number of aryl methyl sites for hydroxylation is 1. The highest BCUT2D eigenvalue weighted by Gasteiger charge is 2.55. The smallest absolute Gasteiger partial charge is 0.119 e. The molecule has 0 spiro atoms. The van der Waals surface area contributed by atoms with E-state index in [0.29, 0.717) is 17.9 Å². The molecule has 5 rings (SSSR count). The van der Waals surface area contributed by atoms with Crippen LogP contribution in [0.5, 0.6) is 5.75 Å². The maximum absolute atomic E-state index is 6.31. The van der Waals surface area contributed by atoms with Gasteiger partial charge in [0.25, 0.3) is 0 Å². The van der Waals surface area contributed by atoms with Crippen molar-refractivity contribution >= 4 is 0 Å². The summed E-state index contributed by atoms with van der Waals surface area (Å²) in [7, 11) is 1.79. The second kappa shape index (κ2) is 5.99. The van der Waals surface area contributed by atoms with Gasteiger partial charge in [0.15, 0.2) is 0 Å². The van der Waals surface area contributed by atoms with Crippen LogP contribution in [0.2, 0.25) is 0 Å². The highest BCUT2D eigenvalue weighted by atomic mass is 16.7. The summed E-state index contributed by atoms with van der Waals surface area (Å²) >= 11 is 0. The van der Waals surface area contributed by atoms with Crippen LogP contribution >= 0.6 is 0 Å². The van der Waals surface area contributed by atoms with E-state index in [0.717, 1.165) is 25.0 Å². The summed E-state index contributed by atoms with van der Waals surface area (Å²) in [6.07, 6.45) is 7.12. The molecule has 138 valence electrons. The van der Waals surface area contributed by atoms with Gasteiger partial charge in [-0.2, -0.15) is 5.48 Å². The van der Waals surface area contributed by atoms with E-state index in [1.54, 1.807) is 12.7 Å². The minimum Gasteiger partial charge on any atom is -0.497 e. The lowest BCUT2D eigenvalue weighted by Gasteiger charge is -2.56. The minimum absolute atomic E-state index is 0.0389. The second-order valence-electron chi connectivity index (χ2n) is 8.96. The fraction of sp³-hybridized carbons (Fsp3) is 0.727. The average molecular weight is 344 g/mol. The van der Waals surface area contributed by atoms with Gasteiger partial charge in [0.05, 0.1) is 12.7 Å². The van der Waals surface area contributed by atoms with Crippen LogP contribution in [0.25, 0.3) is 0 Å². The fourth-order valence-corrected chi connectivity index (χ4v) is 5.84. The zero-order chi connectivity index (χ0) is 17.8. The van der Waals surface area contributed by atoms with Gasteiger partial charge in [-0.25, -0.2) is 0 Å². The Labute approximate surface area is 152 Å². The lowest BCUT2D eigenvalue weighted by Crippen LogP contribution is -2.64. The third kappa shape index (κ3) is 2.46. The van der Waals surface area contributed by atoms with E-state index >= 15 is 0 Å². The van der Waals surface area contributed by atoms with Crippen molar-refractivity contribution in [3.8, 4) is 5.75 Å². The predicted octanol–water partition coefficient (Wildman–Crippen LogP) is 4.56. The van der Waals surface area contributed by atoms with Gasteiger partial charge in [0, 0.05) is 11.5 Å². The van der Waals surface area contributed by atoms with Crippen molar-refractivity contribution in [1.82, 2.24) is 5.48 Å². The molecule has 0 aromatic heterocycles. The first-order valence-electron chi connectivity index (χ1n) is 10.1. The molecule has 5 atom stereocenters. The van der Waals surface area contributed by atoms with Crippen molar-refractivity contribution in [1.29, 1.82) is 0 Å². The first-order valence-corrected chi connectivity index (χ1v) is 10.1. The first kappa shape index (κ1) is 17.4. The molecule has 0 radical (unpaired) electrons. The van der Waals surface area contributed by atoms with Gasteiger partial charge in [0.2, 0.25) is 0 Å². The molecule has 0 amide bonds. The summed E-state index contributed by atoms with van der Waals surface area (Å²) in [5.41, 5.74) is 8.18. The summed E-state index contributed by atoms with van der Waals surface area (Å²) in [5, 5.41) is 0. The molecule has 3 heteroatoms. The van der Waals surface area contributed by atoms with Crippen molar-refractivity contribution in [2.45, 2.75) is 83.3 Å². The van der Waals surface area contributed by atoms with Crippen molar-refractivity contribution in [3.63, 3.8) is 0 Å². The van der Waals surface area contributed by atoms with Crippen LogP contribution in [0.15, 0.2) is 12.1 Å². The molecule has 25 heavy (non-hydrogen) atoms. The second-order valence-corrected chi connectivity index (χ2v) is 8.96. The summed E-state index contributed by atoms with van der Waals surface area (Å²) in [6.45, 7) is 9.46. The average Bonchev–Trinajstić information content (AvgIpc) is 2.69. The van der Waals surface area contributed by atoms with Crippen LogP contribution in [-0.4, -0.2) is 18.8 Å². The van der Waals surface area contributed by atoms with Crippen LogP contribution in [0.4, 0.5) is 0 Å². The van der Waals surface area contributed by atoms with Gasteiger partial charge in [-0.05, 0) is 73.3 Å². The van der Waals surface area contributed by atoms with Crippen molar-refractivity contribution < 1.29 is 9.57 Å². The normalized spacial score (nSPS) is 40.0. The standard InChI is InChI=1S/C22H33NO2/c1-6-15-11-16(24-5)12-19-18(15)13-17-14(2)22(4)10-8-7-9-21(19,3)20(17)23-25-22/h11-12,14,17,20,23H,6-10,13H2,1-5H3. The minimum atomic E-state index is -0.0389. The summed E-state index contributed by atoms with van der Waals surface area (Å²) in [5.74, 6) is 2.20. The van der Waals surface area contributed by atoms with Crippen LogP contribution < -0.4 is 10.2 Å². The number of methoxy groups -OCH3 is 1. The molecular weight excluding hydrogens is 310 g/mol. The topological polar surface area (TPSA) is 30.5 Å². The molecule has 1 aromatic carbocycles. The molecule has 1 aromatic rings. The Morgan fingerprint density at radius 2 is 2.00 bits per heavy atom. The Morgan fingerprint density at radius 1 is 1.24 bits per heavy atom. The number of rotatable bonds is 2. The quantitative estimate of drug-likeness (QED) is 0.854. The van der Waals surface area contributed by atoms with Crippen LogP contribution in [0.3, 0.4) is 0 Å². The van der Waals surface area contributed by atoms with E-state index in [1.807, 2.05) is 0 Å². The van der Waals surface area contributed by atoms with Crippen LogP contribution in [0, 0.1) is 11.8 Å². The highest BCUT2D eigenvalue weighted by Crippen LogP contribution is 2.53. The third-order valence-electron chi connectivity index (χ3n) is 7.75. The Hall–Kier alpha value is -1.06. The van der Waals surface area contributed by atoms with Crippen LogP contribution in [0.1, 0.15) is 70.1 Å². The number of hydrogen-bond acceptors (Lipinski definition) is 3. The first-order chi connectivity index (χ1) is 11.9. The molecule has 4 aliphatic rings. The third-order valence-corrected chi connectivity index (χ3v) is 7.75. The molecule has 3 fully saturated rings. The Bertz CT molecular complexity index is 672. The molecular formula is C22H33NO2. The number of hydroxylamine groups is 1. The van der Waals surface area contributed by atoms with Gasteiger partial charge < -0.3 is 4.74 Å². The zero-order valence-corrected chi connectivity index (χ0v) is 16.4. The maximum atomic E-state index is 6.31. The summed E-state index contributed by atoms with van der Waals surface area (Å²) in [6, 6.07) is 4.96. The predicted molar refractivity (Wildman–Crippen MR) is 101 cm³/mol. The van der Waals surface area contributed by atoms with E-state index in [2.05, 4.69) is 45.3 Å². The van der Waals surface area contributed by atoms with Crippen LogP contribution in [-0.2, 0) is 23.1 Å². The van der Waals surface area contributed by atoms with E-state index in [4.69, 9.17) is 9.57 Å². The summed E-state index contributed by atoms with van der Waals surface area (Å²) in [4.78, 5) is 6.31. The number of fused-ring (bicyclic) bond motifs is 5. The number of benzene rings is 1. The molecule has 2 heterocycles. The lowest BCUT2D eigenvalue weighted by atomic mass is 9.57. The maximum Gasteiger partial charge on any atom is 0.119 e. The Kier molecular flexibility index (Phi) is 4.16. The van der Waals surface area contributed by atoms with Gasteiger partial charge in [-0.15, -0.1) is 0 Å².